The quantitative estimate of drug-likeness (QED) is 0.671. The summed E-state index contributed by atoms with van der Waals surface area (Å²) in [6.45, 7) is 1.54. The van der Waals surface area contributed by atoms with E-state index < -0.39 is 19.9 Å². The van der Waals surface area contributed by atoms with Crippen molar-refractivity contribution in [2.75, 3.05) is 10.5 Å². The molecule has 0 aliphatic carbocycles. The topological polar surface area (TPSA) is 106 Å². The van der Waals surface area contributed by atoms with Crippen LogP contribution in [0.15, 0.2) is 63.1 Å². The van der Waals surface area contributed by atoms with Gasteiger partial charge >= 0.3 is 0 Å². The van der Waals surface area contributed by atoms with Gasteiger partial charge in [0, 0.05) is 11.3 Å². The highest BCUT2D eigenvalue weighted by Crippen LogP contribution is 2.24. The fourth-order valence-corrected chi connectivity index (χ4v) is 4.93. The second-order valence-corrected chi connectivity index (χ2v) is 10.4. The molecule has 0 spiro atoms. The molecule has 0 bridgehead atoms. The number of hydrogen-bond acceptors (Lipinski definition) is 7. The van der Waals surface area contributed by atoms with E-state index in [1.807, 2.05) is 0 Å². The lowest BCUT2D eigenvalue weighted by atomic mass is 10.1. The zero-order valence-corrected chi connectivity index (χ0v) is 16.1. The number of thiophene rings is 1. The van der Waals surface area contributed by atoms with Crippen molar-refractivity contribution < 1.29 is 16.8 Å². The third kappa shape index (κ3) is 3.92. The van der Waals surface area contributed by atoms with Crippen molar-refractivity contribution in [3.63, 3.8) is 0 Å². The number of sulfonamides is 1. The molecule has 1 aromatic carbocycles. The molecule has 0 atom stereocenters. The van der Waals surface area contributed by atoms with Crippen molar-refractivity contribution >= 4 is 36.9 Å². The minimum absolute atomic E-state index is 0.0546. The Hall–Kier alpha value is -2.30. The summed E-state index contributed by atoms with van der Waals surface area (Å²) in [4.78, 5) is 0. The first-order chi connectivity index (χ1) is 12.3. The molecule has 0 saturated carbocycles. The van der Waals surface area contributed by atoms with E-state index in [9.17, 15) is 16.8 Å². The van der Waals surface area contributed by atoms with Crippen molar-refractivity contribution in [3.8, 4) is 11.3 Å². The summed E-state index contributed by atoms with van der Waals surface area (Å²) in [7, 11) is -7.06. The maximum absolute atomic E-state index is 12.3. The summed E-state index contributed by atoms with van der Waals surface area (Å²) in [6, 6.07) is 12.8. The number of benzene rings is 1. The number of anilines is 1. The first-order valence-electron chi connectivity index (χ1n) is 7.55. The Kier molecular flexibility index (Phi) is 5.08. The Bertz CT molecular complexity index is 1110. The van der Waals surface area contributed by atoms with Gasteiger partial charge in [-0.1, -0.05) is 25.1 Å². The molecule has 0 radical (unpaired) electrons. The largest absolute Gasteiger partial charge is 0.279 e. The molecule has 2 heterocycles. The second-order valence-electron chi connectivity index (χ2n) is 5.28. The van der Waals surface area contributed by atoms with Gasteiger partial charge < -0.3 is 0 Å². The number of aromatic nitrogens is 2. The predicted octanol–water partition coefficient (Wildman–Crippen LogP) is 2.80. The molecule has 1 N–H and O–H groups in total. The van der Waals surface area contributed by atoms with Crippen LogP contribution in [0.25, 0.3) is 11.3 Å². The SMILES string of the molecule is CCS(=O)(=O)c1ccc(-c2cccc(NS(=O)(=O)c3cccs3)c2)nn1. The standard InChI is InChI=1S/C16H15N3O4S3/c1-2-25(20,21)15-9-8-14(17-18-15)12-5-3-6-13(11-12)19-26(22,23)16-7-4-10-24-16/h3-11,19H,2H2,1H3. The van der Waals surface area contributed by atoms with E-state index in [0.29, 0.717) is 16.9 Å². The molecular weight excluding hydrogens is 394 g/mol. The highest BCUT2D eigenvalue weighted by molar-refractivity contribution is 7.94. The van der Waals surface area contributed by atoms with Crippen molar-refractivity contribution in [1.29, 1.82) is 0 Å². The summed E-state index contributed by atoms with van der Waals surface area (Å²) < 4.78 is 50.9. The van der Waals surface area contributed by atoms with Crippen LogP contribution in [0.5, 0.6) is 0 Å². The molecule has 0 fully saturated rings. The Labute approximate surface area is 155 Å². The van der Waals surface area contributed by atoms with Gasteiger partial charge in [0.2, 0.25) is 0 Å². The lowest BCUT2D eigenvalue weighted by molar-refractivity contribution is 0.591. The minimum Gasteiger partial charge on any atom is -0.279 e. The summed E-state index contributed by atoms with van der Waals surface area (Å²) in [5, 5.41) is 9.32. The highest BCUT2D eigenvalue weighted by atomic mass is 32.2. The normalized spacial score (nSPS) is 12.0. The summed E-state index contributed by atoms with van der Waals surface area (Å²) in [5.41, 5.74) is 1.43. The predicted molar refractivity (Wildman–Crippen MR) is 100 cm³/mol. The first-order valence-corrected chi connectivity index (χ1v) is 11.6. The van der Waals surface area contributed by atoms with Crippen LogP contribution in [-0.4, -0.2) is 32.8 Å². The van der Waals surface area contributed by atoms with Gasteiger partial charge in [-0.05, 0) is 35.7 Å². The Morgan fingerprint density at radius 1 is 1.00 bits per heavy atom. The third-order valence-electron chi connectivity index (χ3n) is 3.51. The van der Waals surface area contributed by atoms with E-state index >= 15 is 0 Å². The van der Waals surface area contributed by atoms with Gasteiger partial charge in [0.25, 0.3) is 10.0 Å². The fourth-order valence-electron chi connectivity index (χ4n) is 2.15. The molecule has 3 rings (SSSR count). The number of hydrogen-bond donors (Lipinski definition) is 1. The van der Waals surface area contributed by atoms with Crippen molar-refractivity contribution in [2.24, 2.45) is 0 Å². The number of nitrogens with one attached hydrogen (secondary N) is 1. The smallest absolute Gasteiger partial charge is 0.271 e. The van der Waals surface area contributed by atoms with Gasteiger partial charge in [0.1, 0.15) is 4.21 Å². The van der Waals surface area contributed by atoms with Gasteiger partial charge in [-0.15, -0.1) is 21.5 Å². The Balaban J connectivity index is 1.88. The van der Waals surface area contributed by atoms with Crippen LogP contribution >= 0.6 is 11.3 Å². The van der Waals surface area contributed by atoms with Crippen LogP contribution in [0.3, 0.4) is 0 Å². The van der Waals surface area contributed by atoms with Crippen LogP contribution in [0, 0.1) is 0 Å². The molecule has 136 valence electrons. The molecule has 7 nitrogen and oxygen atoms in total. The van der Waals surface area contributed by atoms with Crippen LogP contribution in [0.2, 0.25) is 0 Å². The van der Waals surface area contributed by atoms with Crippen LogP contribution in [0.4, 0.5) is 5.69 Å². The molecule has 0 aliphatic heterocycles. The molecule has 26 heavy (non-hydrogen) atoms. The van der Waals surface area contributed by atoms with E-state index in [4.69, 9.17) is 0 Å². The van der Waals surface area contributed by atoms with Crippen LogP contribution < -0.4 is 4.72 Å². The average molecular weight is 410 g/mol. The van der Waals surface area contributed by atoms with Crippen LogP contribution in [0.1, 0.15) is 6.92 Å². The molecule has 0 amide bonds. The molecule has 0 saturated heterocycles. The molecule has 3 aromatic rings. The van der Waals surface area contributed by atoms with Crippen molar-refractivity contribution in [2.45, 2.75) is 16.2 Å². The van der Waals surface area contributed by atoms with Crippen LogP contribution in [-0.2, 0) is 19.9 Å². The maximum Gasteiger partial charge on any atom is 0.271 e. The molecule has 2 aromatic heterocycles. The average Bonchev–Trinajstić information content (AvgIpc) is 3.17. The number of nitrogens with zero attached hydrogens (tertiary/aromatic N) is 2. The minimum atomic E-state index is -3.65. The molecule has 0 unspecified atom stereocenters. The zero-order chi connectivity index (χ0) is 18.8. The van der Waals surface area contributed by atoms with Gasteiger partial charge in [0.05, 0.1) is 11.4 Å². The molecule has 0 aliphatic rings. The van der Waals surface area contributed by atoms with Gasteiger partial charge in [-0.3, -0.25) is 4.72 Å². The van der Waals surface area contributed by atoms with E-state index in [1.54, 1.807) is 41.8 Å². The van der Waals surface area contributed by atoms with Gasteiger partial charge in [0.15, 0.2) is 14.9 Å². The van der Waals surface area contributed by atoms with Gasteiger partial charge in [-0.2, -0.15) is 0 Å². The number of rotatable bonds is 6. The number of sulfone groups is 1. The lowest BCUT2D eigenvalue weighted by Gasteiger charge is -2.08. The Morgan fingerprint density at radius 2 is 1.81 bits per heavy atom. The summed E-state index contributed by atoms with van der Waals surface area (Å²) >= 11 is 1.13. The third-order valence-corrected chi connectivity index (χ3v) is 7.90. The second kappa shape index (κ2) is 7.14. The lowest BCUT2D eigenvalue weighted by Crippen LogP contribution is -2.11. The van der Waals surface area contributed by atoms with E-state index in [-0.39, 0.29) is 15.0 Å². The van der Waals surface area contributed by atoms with E-state index in [1.165, 1.54) is 19.1 Å². The Morgan fingerprint density at radius 3 is 2.42 bits per heavy atom. The van der Waals surface area contributed by atoms with Crippen molar-refractivity contribution in [1.82, 2.24) is 10.2 Å². The van der Waals surface area contributed by atoms with Gasteiger partial charge in [-0.25, -0.2) is 16.8 Å². The summed E-state index contributed by atoms with van der Waals surface area (Å²) in [6.07, 6.45) is 0. The zero-order valence-electron chi connectivity index (χ0n) is 13.7. The highest BCUT2D eigenvalue weighted by Gasteiger charge is 2.16. The fraction of sp³-hybridized carbons (Fsp3) is 0.125. The van der Waals surface area contributed by atoms with E-state index in [0.717, 1.165) is 11.3 Å². The monoisotopic (exact) mass is 409 g/mol. The first kappa shape index (κ1) is 18.5. The van der Waals surface area contributed by atoms with E-state index in [2.05, 4.69) is 14.9 Å². The summed E-state index contributed by atoms with van der Waals surface area (Å²) in [5.74, 6) is -0.0546. The van der Waals surface area contributed by atoms with Crippen molar-refractivity contribution in [3.05, 3.63) is 53.9 Å². The molecule has 10 heteroatoms. The molecular formula is C16H15N3O4S3. The maximum atomic E-state index is 12.3.